The van der Waals surface area contributed by atoms with Gasteiger partial charge in [0, 0.05) is 24.2 Å². The first kappa shape index (κ1) is 16.1. The summed E-state index contributed by atoms with van der Waals surface area (Å²) in [7, 11) is 8.83. The zero-order valence-electron chi connectivity index (χ0n) is 10.6. The fourth-order valence-corrected chi connectivity index (χ4v) is 4.15. The average Bonchev–Trinajstić information content (AvgIpc) is 2.45. The molecular weight excluding hydrogens is 518 g/mol. The SMILES string of the molecule is [B]P(I)N1COc2ccc3c(c2C1)CN(B(P)I)CO3. The second-order valence-corrected chi connectivity index (χ2v) is 12.0. The second kappa shape index (κ2) is 6.75. The Hall–Kier alpha value is 1.19. The monoisotopic (exact) mass is 530 g/mol. The highest BCUT2D eigenvalue weighted by Crippen LogP contribution is 2.48. The maximum Gasteiger partial charge on any atom is 0.322 e. The number of fused-ring (bicyclic) bond motifs is 3. The largest absolute Gasteiger partial charge is 0.479 e. The highest BCUT2D eigenvalue weighted by molar-refractivity contribution is 14.2. The first-order valence-corrected chi connectivity index (χ1v) is 12.1. The second-order valence-electron chi connectivity index (χ2n) is 4.64. The number of hydrogen-bond donors (Lipinski definition) is 0. The molecule has 1 aromatic rings. The minimum Gasteiger partial charge on any atom is -0.479 e. The predicted molar refractivity (Wildman–Crippen MR) is 105 cm³/mol. The molecule has 0 N–H and O–H groups in total. The van der Waals surface area contributed by atoms with Gasteiger partial charge in [-0.05, 0) is 39.8 Å². The smallest absolute Gasteiger partial charge is 0.322 e. The minimum atomic E-state index is -0.662. The Labute approximate surface area is 150 Å². The third-order valence-electron chi connectivity index (χ3n) is 3.42. The van der Waals surface area contributed by atoms with Gasteiger partial charge in [-0.2, -0.15) is 0 Å². The van der Waals surface area contributed by atoms with Crippen molar-refractivity contribution in [3.63, 3.8) is 0 Å². The van der Waals surface area contributed by atoms with Gasteiger partial charge in [-0.3, -0.25) is 4.81 Å². The average molecular weight is 530 g/mol. The molecule has 4 nitrogen and oxygen atoms in total. The van der Waals surface area contributed by atoms with Crippen LogP contribution in [0.4, 0.5) is 0 Å². The molecule has 1 aromatic carbocycles. The Morgan fingerprint density at radius 3 is 2.40 bits per heavy atom. The maximum absolute atomic E-state index is 6.03. The van der Waals surface area contributed by atoms with E-state index in [4.69, 9.17) is 17.0 Å². The zero-order valence-corrected chi connectivity index (χ0v) is 17.0. The quantitative estimate of drug-likeness (QED) is 0.334. The lowest BCUT2D eigenvalue weighted by atomic mass is 10.0. The molecule has 10 heteroatoms. The van der Waals surface area contributed by atoms with Gasteiger partial charge in [0.15, 0.2) is 0 Å². The molecule has 0 aromatic heterocycles. The van der Waals surface area contributed by atoms with Crippen LogP contribution in [0.1, 0.15) is 11.1 Å². The van der Waals surface area contributed by atoms with Crippen LogP contribution in [-0.2, 0) is 13.1 Å². The lowest BCUT2D eigenvalue weighted by Gasteiger charge is -2.36. The van der Waals surface area contributed by atoms with Crippen molar-refractivity contribution in [2.45, 2.75) is 13.1 Å². The van der Waals surface area contributed by atoms with E-state index in [1.54, 1.807) is 0 Å². The van der Waals surface area contributed by atoms with Crippen LogP contribution in [0, 0.1) is 0 Å². The molecule has 2 atom stereocenters. The molecule has 3 rings (SSSR count). The van der Waals surface area contributed by atoms with E-state index in [-0.39, 0.29) is 0 Å². The van der Waals surface area contributed by atoms with Crippen molar-refractivity contribution in [1.82, 2.24) is 9.48 Å². The number of ether oxygens (including phenoxy) is 2. The van der Waals surface area contributed by atoms with Crippen LogP contribution < -0.4 is 9.47 Å². The van der Waals surface area contributed by atoms with Gasteiger partial charge in [0.25, 0.3) is 0 Å². The van der Waals surface area contributed by atoms with Crippen molar-refractivity contribution in [2.24, 2.45) is 0 Å². The molecule has 0 saturated heterocycles. The Morgan fingerprint density at radius 2 is 1.80 bits per heavy atom. The summed E-state index contributed by atoms with van der Waals surface area (Å²) < 4.78 is 14.2. The van der Waals surface area contributed by atoms with Gasteiger partial charge in [-0.15, -0.1) is 31.5 Å². The standard InChI is InChI=1S/C10H12B2I2N2O2P2/c11-20(14)16-4-8-7-3-15(12(13)19)5-17-9(7)1-2-10(8)18-6-16/h1-2H,3-6,19H2. The molecule has 2 radical (unpaired) electrons. The zero-order chi connectivity index (χ0) is 14.3. The molecule has 2 aliphatic heterocycles. The van der Waals surface area contributed by atoms with Crippen LogP contribution in [0.15, 0.2) is 12.1 Å². The van der Waals surface area contributed by atoms with Crippen LogP contribution in [0.2, 0.25) is 0 Å². The molecule has 2 unspecified atom stereocenters. The number of hydrogen-bond acceptors (Lipinski definition) is 4. The third-order valence-corrected chi connectivity index (χ3v) is 7.26. The number of benzene rings is 1. The van der Waals surface area contributed by atoms with Crippen LogP contribution in [0.5, 0.6) is 11.5 Å². The van der Waals surface area contributed by atoms with Gasteiger partial charge in [0.1, 0.15) is 32.5 Å². The highest BCUT2D eigenvalue weighted by Gasteiger charge is 2.29. The molecule has 20 heavy (non-hydrogen) atoms. The van der Waals surface area contributed by atoms with Crippen molar-refractivity contribution in [2.75, 3.05) is 13.5 Å². The molecular formula is C10H12B2I2N2O2P2. The van der Waals surface area contributed by atoms with Gasteiger partial charge in [0.05, 0.1) is 0 Å². The summed E-state index contributed by atoms with van der Waals surface area (Å²) in [6.07, 6.45) is 0. The Bertz CT molecular complexity index is 479. The van der Waals surface area contributed by atoms with E-state index in [1.165, 1.54) is 11.1 Å². The molecule has 0 saturated carbocycles. The molecule has 104 valence electrons. The fraction of sp³-hybridized carbons (Fsp3) is 0.400. The Balaban J connectivity index is 1.94. The Morgan fingerprint density at radius 1 is 1.20 bits per heavy atom. The first-order chi connectivity index (χ1) is 9.56. The van der Waals surface area contributed by atoms with Crippen molar-refractivity contribution in [1.29, 1.82) is 0 Å². The summed E-state index contributed by atoms with van der Waals surface area (Å²) in [6.45, 7) is 2.92. The maximum atomic E-state index is 6.03. The van der Waals surface area contributed by atoms with Gasteiger partial charge in [0.2, 0.25) is 0 Å². The lowest BCUT2D eigenvalue weighted by Crippen LogP contribution is -2.38. The molecule has 0 amide bonds. The molecule has 0 bridgehead atoms. The third kappa shape index (κ3) is 3.25. The number of halogens is 2. The minimum absolute atomic E-state index is 0.355. The summed E-state index contributed by atoms with van der Waals surface area (Å²) in [5.41, 5.74) is 1.79. The van der Waals surface area contributed by atoms with E-state index in [2.05, 4.69) is 63.0 Å². The number of rotatable bonds is 2. The summed E-state index contributed by atoms with van der Waals surface area (Å²) in [5, 5.41) is 0. The fourth-order valence-electron chi connectivity index (χ4n) is 2.32. The number of nitrogens with zero attached hydrogens (tertiary/aromatic N) is 2. The summed E-state index contributed by atoms with van der Waals surface area (Å²) in [6, 6.07) is 4.02. The summed E-state index contributed by atoms with van der Waals surface area (Å²) in [4.78, 5) is 2.27. The Kier molecular flexibility index (Phi) is 5.42. The molecule has 2 aliphatic rings. The van der Waals surface area contributed by atoms with Gasteiger partial charge in [-0.1, -0.05) is 0 Å². The summed E-state index contributed by atoms with van der Waals surface area (Å²) in [5.74, 6) is 1.94. The van der Waals surface area contributed by atoms with Gasteiger partial charge < -0.3 is 9.47 Å². The topological polar surface area (TPSA) is 24.9 Å². The van der Waals surface area contributed by atoms with Crippen LogP contribution >= 0.6 is 59.1 Å². The van der Waals surface area contributed by atoms with E-state index in [0.717, 1.165) is 24.6 Å². The van der Waals surface area contributed by atoms with E-state index < -0.39 is 5.59 Å². The van der Waals surface area contributed by atoms with Crippen LogP contribution in [0.3, 0.4) is 0 Å². The predicted octanol–water partition coefficient (Wildman–Crippen LogP) is 3.12. The van der Waals surface area contributed by atoms with Crippen LogP contribution in [-0.4, -0.2) is 34.9 Å². The van der Waals surface area contributed by atoms with E-state index in [1.807, 2.05) is 12.1 Å². The molecule has 0 spiro atoms. The highest BCUT2D eigenvalue weighted by atomic mass is 127. The van der Waals surface area contributed by atoms with Crippen molar-refractivity contribution >= 4 is 71.1 Å². The van der Waals surface area contributed by atoms with Crippen LogP contribution in [0.25, 0.3) is 0 Å². The molecule has 0 fully saturated rings. The van der Waals surface area contributed by atoms with Crippen molar-refractivity contribution in [3.05, 3.63) is 23.3 Å². The lowest BCUT2D eigenvalue weighted by molar-refractivity contribution is 0.156. The van der Waals surface area contributed by atoms with E-state index in [0.29, 0.717) is 17.9 Å². The molecule has 2 heterocycles. The molecule has 0 aliphatic carbocycles. The van der Waals surface area contributed by atoms with E-state index >= 15 is 0 Å². The van der Waals surface area contributed by atoms with Crippen molar-refractivity contribution in [3.8, 4) is 11.5 Å². The first-order valence-electron chi connectivity index (χ1n) is 6.06. The van der Waals surface area contributed by atoms with E-state index in [9.17, 15) is 0 Å². The summed E-state index contributed by atoms with van der Waals surface area (Å²) >= 11 is 4.65. The van der Waals surface area contributed by atoms with Gasteiger partial charge >= 0.3 is 4.42 Å². The van der Waals surface area contributed by atoms with Crippen molar-refractivity contribution < 1.29 is 9.47 Å². The normalized spacial score (nSPS) is 20.4. The van der Waals surface area contributed by atoms with Gasteiger partial charge in [-0.25, -0.2) is 4.67 Å².